The molecule has 0 aliphatic carbocycles. The Labute approximate surface area is 169 Å². The standard InChI is InChI=1S/C23H24FN3O2/c1-26-12-3-13-27-22(26)15-19(25-23(27)28)9-6-17-7-10-20(11-8-17)29-21-5-2-4-18(14-21)16-24/h2,4-5,7-8,10-11,14-15H,3,6,9,12-13,16H2,1H3. The Morgan fingerprint density at radius 3 is 2.62 bits per heavy atom. The molecule has 4 rings (SSSR count). The summed E-state index contributed by atoms with van der Waals surface area (Å²) >= 11 is 0. The summed E-state index contributed by atoms with van der Waals surface area (Å²) in [7, 11) is 2.01. The van der Waals surface area contributed by atoms with Gasteiger partial charge in [-0.15, -0.1) is 0 Å². The van der Waals surface area contributed by atoms with Crippen LogP contribution in [0, 0.1) is 0 Å². The molecule has 6 heteroatoms. The van der Waals surface area contributed by atoms with E-state index in [1.54, 1.807) is 22.8 Å². The molecule has 0 atom stereocenters. The minimum Gasteiger partial charge on any atom is -0.457 e. The largest absolute Gasteiger partial charge is 0.457 e. The molecule has 0 N–H and O–H groups in total. The van der Waals surface area contributed by atoms with E-state index in [1.807, 2.05) is 43.4 Å². The van der Waals surface area contributed by atoms with E-state index in [0.717, 1.165) is 43.0 Å². The van der Waals surface area contributed by atoms with Crippen molar-refractivity contribution in [2.75, 3.05) is 18.5 Å². The number of halogens is 1. The quantitative estimate of drug-likeness (QED) is 0.632. The zero-order chi connectivity index (χ0) is 20.2. The molecule has 0 fully saturated rings. The van der Waals surface area contributed by atoms with Gasteiger partial charge in [-0.05, 0) is 54.7 Å². The molecule has 0 unspecified atom stereocenters. The molecule has 5 nitrogen and oxygen atoms in total. The van der Waals surface area contributed by atoms with Gasteiger partial charge in [-0.25, -0.2) is 9.18 Å². The van der Waals surface area contributed by atoms with Crippen molar-refractivity contribution in [2.45, 2.75) is 32.5 Å². The van der Waals surface area contributed by atoms with Gasteiger partial charge in [0.15, 0.2) is 0 Å². The van der Waals surface area contributed by atoms with E-state index in [4.69, 9.17) is 4.74 Å². The summed E-state index contributed by atoms with van der Waals surface area (Å²) in [4.78, 5) is 18.7. The van der Waals surface area contributed by atoms with E-state index in [1.165, 1.54) is 0 Å². The summed E-state index contributed by atoms with van der Waals surface area (Å²) in [6.45, 7) is 1.19. The van der Waals surface area contributed by atoms with Crippen molar-refractivity contribution >= 4 is 5.82 Å². The predicted octanol–water partition coefficient (Wildman–Crippen LogP) is 4.13. The lowest BCUT2D eigenvalue weighted by atomic mass is 10.1. The predicted molar refractivity (Wildman–Crippen MR) is 112 cm³/mol. The van der Waals surface area contributed by atoms with Crippen molar-refractivity contribution < 1.29 is 9.13 Å². The van der Waals surface area contributed by atoms with Crippen molar-refractivity contribution in [3.05, 3.63) is 81.9 Å². The lowest BCUT2D eigenvalue weighted by Gasteiger charge is -2.28. The molecule has 2 aromatic carbocycles. The first-order valence-electron chi connectivity index (χ1n) is 9.86. The first kappa shape index (κ1) is 19.2. The summed E-state index contributed by atoms with van der Waals surface area (Å²) in [6.07, 6.45) is 2.46. The van der Waals surface area contributed by atoms with Crippen LogP contribution >= 0.6 is 0 Å². The molecule has 0 spiro atoms. The number of hydrogen-bond acceptors (Lipinski definition) is 4. The number of aryl methyl sites for hydroxylation is 2. The highest BCUT2D eigenvalue weighted by Gasteiger charge is 2.16. The fourth-order valence-electron chi connectivity index (χ4n) is 3.60. The van der Waals surface area contributed by atoms with Crippen LogP contribution in [0.4, 0.5) is 10.2 Å². The Hall–Kier alpha value is -3.15. The van der Waals surface area contributed by atoms with Crippen LogP contribution in [-0.2, 0) is 26.1 Å². The number of rotatable bonds is 6. The summed E-state index contributed by atoms with van der Waals surface area (Å²) in [6, 6.07) is 16.9. The van der Waals surface area contributed by atoms with Gasteiger partial charge in [0.05, 0.1) is 5.69 Å². The van der Waals surface area contributed by atoms with Crippen molar-refractivity contribution in [1.82, 2.24) is 9.55 Å². The Morgan fingerprint density at radius 2 is 1.83 bits per heavy atom. The molecule has 0 bridgehead atoms. The summed E-state index contributed by atoms with van der Waals surface area (Å²) in [5.41, 5.74) is 2.39. The molecule has 29 heavy (non-hydrogen) atoms. The van der Waals surface area contributed by atoms with Crippen LogP contribution in [0.3, 0.4) is 0 Å². The average molecular weight is 393 g/mol. The number of hydrogen-bond donors (Lipinski definition) is 0. The van der Waals surface area contributed by atoms with Gasteiger partial charge in [0, 0.05) is 26.2 Å². The molecule has 2 heterocycles. The lowest BCUT2D eigenvalue weighted by molar-refractivity contribution is 0.468. The first-order chi connectivity index (χ1) is 14.1. The van der Waals surface area contributed by atoms with Crippen LogP contribution in [0.25, 0.3) is 0 Å². The van der Waals surface area contributed by atoms with E-state index in [9.17, 15) is 9.18 Å². The topological polar surface area (TPSA) is 47.4 Å². The van der Waals surface area contributed by atoms with Crippen LogP contribution in [0.15, 0.2) is 59.4 Å². The highest BCUT2D eigenvalue weighted by Crippen LogP contribution is 2.23. The molecule has 0 radical (unpaired) electrons. The monoisotopic (exact) mass is 393 g/mol. The maximum atomic E-state index is 12.8. The molecule has 1 aromatic heterocycles. The Balaban J connectivity index is 1.41. The number of alkyl halides is 1. The molecule has 1 aliphatic heterocycles. The SMILES string of the molecule is CN1CCCn2c1cc(CCc1ccc(Oc3cccc(CF)c3)cc1)nc2=O. The van der Waals surface area contributed by atoms with Crippen molar-refractivity contribution in [3.63, 3.8) is 0 Å². The fraction of sp³-hybridized carbons (Fsp3) is 0.304. The Kier molecular flexibility index (Phi) is 5.60. The van der Waals surface area contributed by atoms with Gasteiger partial charge in [0.1, 0.15) is 24.0 Å². The molecule has 3 aromatic rings. The normalized spacial score (nSPS) is 13.2. The summed E-state index contributed by atoms with van der Waals surface area (Å²) < 4.78 is 20.3. The van der Waals surface area contributed by atoms with Crippen molar-refractivity contribution in [2.24, 2.45) is 0 Å². The molecule has 1 aliphatic rings. The zero-order valence-corrected chi connectivity index (χ0v) is 16.5. The maximum absolute atomic E-state index is 12.8. The minimum atomic E-state index is -0.508. The third-order valence-electron chi connectivity index (χ3n) is 5.19. The van der Waals surface area contributed by atoms with Gasteiger partial charge in [-0.3, -0.25) is 4.57 Å². The van der Waals surface area contributed by atoms with Crippen LogP contribution < -0.4 is 15.3 Å². The van der Waals surface area contributed by atoms with Gasteiger partial charge in [0.25, 0.3) is 0 Å². The van der Waals surface area contributed by atoms with E-state index in [2.05, 4.69) is 9.88 Å². The molecular formula is C23H24FN3O2. The van der Waals surface area contributed by atoms with Crippen LogP contribution in [0.1, 0.15) is 23.2 Å². The van der Waals surface area contributed by atoms with Crippen LogP contribution in [0.2, 0.25) is 0 Å². The van der Waals surface area contributed by atoms with Gasteiger partial charge >= 0.3 is 5.69 Å². The van der Waals surface area contributed by atoms with E-state index >= 15 is 0 Å². The van der Waals surface area contributed by atoms with Gasteiger partial charge in [-0.2, -0.15) is 4.98 Å². The number of ether oxygens (including phenoxy) is 1. The first-order valence-corrected chi connectivity index (χ1v) is 9.86. The van der Waals surface area contributed by atoms with Crippen LogP contribution in [0.5, 0.6) is 11.5 Å². The zero-order valence-electron chi connectivity index (χ0n) is 16.5. The summed E-state index contributed by atoms with van der Waals surface area (Å²) in [5, 5.41) is 0. The average Bonchev–Trinajstić information content (AvgIpc) is 2.74. The second kappa shape index (κ2) is 8.47. The van der Waals surface area contributed by atoms with Crippen molar-refractivity contribution in [3.8, 4) is 11.5 Å². The van der Waals surface area contributed by atoms with E-state index in [-0.39, 0.29) is 5.69 Å². The number of nitrogens with zero attached hydrogens (tertiary/aromatic N) is 3. The Bertz CT molecular complexity index is 1050. The maximum Gasteiger partial charge on any atom is 0.349 e. The smallest absolute Gasteiger partial charge is 0.349 e. The third-order valence-corrected chi connectivity index (χ3v) is 5.19. The van der Waals surface area contributed by atoms with Gasteiger partial charge in [0.2, 0.25) is 0 Å². The van der Waals surface area contributed by atoms with Crippen molar-refractivity contribution in [1.29, 1.82) is 0 Å². The van der Waals surface area contributed by atoms with E-state index in [0.29, 0.717) is 23.5 Å². The number of fused-ring (bicyclic) bond motifs is 1. The third kappa shape index (κ3) is 4.47. The number of anilines is 1. The number of benzene rings is 2. The highest BCUT2D eigenvalue weighted by molar-refractivity contribution is 5.41. The van der Waals surface area contributed by atoms with Gasteiger partial charge < -0.3 is 9.64 Å². The molecule has 0 amide bonds. The highest BCUT2D eigenvalue weighted by atomic mass is 19.1. The minimum absolute atomic E-state index is 0.164. The summed E-state index contributed by atoms with van der Waals surface area (Å²) in [5.74, 6) is 2.28. The molecule has 0 saturated carbocycles. The second-order valence-electron chi connectivity index (χ2n) is 7.34. The Morgan fingerprint density at radius 1 is 1.00 bits per heavy atom. The second-order valence-corrected chi connectivity index (χ2v) is 7.34. The molecule has 150 valence electrons. The van der Waals surface area contributed by atoms with E-state index < -0.39 is 6.67 Å². The molecule has 0 saturated heterocycles. The number of aromatic nitrogens is 2. The molecular weight excluding hydrogens is 369 g/mol. The van der Waals surface area contributed by atoms with Gasteiger partial charge in [-0.1, -0.05) is 24.3 Å². The van der Waals surface area contributed by atoms with Crippen LogP contribution in [-0.4, -0.2) is 23.1 Å². The lowest BCUT2D eigenvalue weighted by Crippen LogP contribution is -2.36. The fourth-order valence-corrected chi connectivity index (χ4v) is 3.60.